The summed E-state index contributed by atoms with van der Waals surface area (Å²) in [7, 11) is 0.973. The third-order valence-corrected chi connectivity index (χ3v) is 3.51. The summed E-state index contributed by atoms with van der Waals surface area (Å²) >= 11 is 5.62. The van der Waals surface area contributed by atoms with Gasteiger partial charge in [0.2, 0.25) is 0 Å². The van der Waals surface area contributed by atoms with Gasteiger partial charge in [-0.3, -0.25) is 0 Å². The molecule has 0 heterocycles. The topological polar surface area (TPSA) is 71.4 Å². The molecule has 1 aromatic carbocycles. The van der Waals surface area contributed by atoms with Crippen LogP contribution in [0.1, 0.15) is 15.9 Å². The Bertz CT molecular complexity index is 599. The smallest absolute Gasteiger partial charge is 0.337 e. The maximum Gasteiger partial charge on any atom is 0.337 e. The molecule has 84 valence electrons. The Morgan fingerprint density at radius 3 is 2.38 bits per heavy atom. The fourth-order valence-electron chi connectivity index (χ4n) is 1.04. The highest BCUT2D eigenvalue weighted by Crippen LogP contribution is 2.28. The minimum absolute atomic E-state index is 0.0124. The Kier molecular flexibility index (Phi) is 3.48. The number of hydrogen-bond acceptors (Lipinski definition) is 3. The summed E-state index contributed by atoms with van der Waals surface area (Å²) < 4.78 is 22.1. The molecule has 0 aromatic heterocycles. The van der Waals surface area contributed by atoms with E-state index in [4.69, 9.17) is 33.8 Å². The zero-order valence-corrected chi connectivity index (χ0v) is 9.90. The van der Waals surface area contributed by atoms with Gasteiger partial charge in [-0.15, -0.1) is 6.42 Å². The maximum atomic E-state index is 11.1. The van der Waals surface area contributed by atoms with Crippen LogP contribution in [0.15, 0.2) is 17.0 Å². The number of carbonyl (C=O) groups is 1. The highest BCUT2D eigenvalue weighted by Gasteiger charge is 2.20. The Hall–Kier alpha value is -1.22. The van der Waals surface area contributed by atoms with E-state index in [2.05, 4.69) is 5.92 Å². The van der Waals surface area contributed by atoms with Gasteiger partial charge in [0.15, 0.2) is 0 Å². The number of rotatable bonds is 2. The largest absolute Gasteiger partial charge is 0.478 e. The van der Waals surface area contributed by atoms with Crippen molar-refractivity contribution in [1.29, 1.82) is 0 Å². The molecule has 0 fully saturated rings. The van der Waals surface area contributed by atoms with Crippen LogP contribution >= 0.6 is 22.3 Å². The van der Waals surface area contributed by atoms with Gasteiger partial charge in [0, 0.05) is 16.2 Å². The van der Waals surface area contributed by atoms with E-state index in [0.717, 1.165) is 12.1 Å². The Labute approximate surface area is 101 Å². The predicted molar refractivity (Wildman–Crippen MR) is 59.4 cm³/mol. The molecule has 0 saturated heterocycles. The van der Waals surface area contributed by atoms with E-state index in [-0.39, 0.29) is 16.1 Å². The number of carboxylic acids is 1. The average molecular weight is 279 g/mol. The first-order chi connectivity index (χ1) is 7.27. The minimum Gasteiger partial charge on any atom is -0.478 e. The quantitative estimate of drug-likeness (QED) is 0.663. The zero-order chi connectivity index (χ0) is 12.5. The highest BCUT2D eigenvalue weighted by molar-refractivity contribution is 8.13. The average Bonchev–Trinajstić information content (AvgIpc) is 2.14. The summed E-state index contributed by atoms with van der Waals surface area (Å²) in [6.07, 6.45) is 5.06. The number of carboxylic acid groups (broad SMARTS) is 1. The van der Waals surface area contributed by atoms with Gasteiger partial charge in [-0.05, 0) is 12.1 Å². The van der Waals surface area contributed by atoms with E-state index in [1.54, 1.807) is 0 Å². The molecule has 0 amide bonds. The Balaban J connectivity index is 3.67. The molecule has 16 heavy (non-hydrogen) atoms. The lowest BCUT2D eigenvalue weighted by molar-refractivity contribution is 0.0696. The second kappa shape index (κ2) is 4.34. The van der Waals surface area contributed by atoms with E-state index in [1.807, 2.05) is 0 Å². The van der Waals surface area contributed by atoms with E-state index >= 15 is 0 Å². The molecule has 0 bridgehead atoms. The van der Waals surface area contributed by atoms with Crippen molar-refractivity contribution in [2.75, 3.05) is 0 Å². The molecule has 0 radical (unpaired) electrons. The van der Waals surface area contributed by atoms with E-state index in [0.29, 0.717) is 0 Å². The lowest BCUT2D eigenvalue weighted by Crippen LogP contribution is -2.03. The molecule has 1 N–H and O–H groups in total. The van der Waals surface area contributed by atoms with Gasteiger partial charge in [-0.2, -0.15) is 0 Å². The summed E-state index contributed by atoms with van der Waals surface area (Å²) in [6, 6.07) is 1.91. The van der Waals surface area contributed by atoms with Crippen LogP contribution in [-0.4, -0.2) is 19.5 Å². The molecular formula is C9H4Cl2O4S. The number of hydrogen-bond donors (Lipinski definition) is 1. The normalized spacial score (nSPS) is 10.8. The van der Waals surface area contributed by atoms with Crippen molar-refractivity contribution in [2.24, 2.45) is 0 Å². The Morgan fingerprint density at radius 2 is 2.00 bits per heavy atom. The second-order valence-electron chi connectivity index (χ2n) is 2.72. The molecule has 0 spiro atoms. The summed E-state index contributed by atoms with van der Waals surface area (Å²) in [5.74, 6) is 0.738. The number of terminal acetylenes is 1. The molecular weight excluding hydrogens is 275 g/mol. The van der Waals surface area contributed by atoms with Crippen molar-refractivity contribution in [1.82, 2.24) is 0 Å². The molecule has 0 aliphatic heterocycles. The van der Waals surface area contributed by atoms with Crippen molar-refractivity contribution >= 4 is 37.3 Å². The van der Waals surface area contributed by atoms with E-state index < -0.39 is 19.9 Å². The summed E-state index contributed by atoms with van der Waals surface area (Å²) in [4.78, 5) is 10.3. The van der Waals surface area contributed by atoms with Gasteiger partial charge in [0.25, 0.3) is 9.05 Å². The van der Waals surface area contributed by atoms with Gasteiger partial charge in [-0.1, -0.05) is 17.5 Å². The van der Waals surface area contributed by atoms with Crippen LogP contribution in [0.3, 0.4) is 0 Å². The van der Waals surface area contributed by atoms with Gasteiger partial charge in [-0.25, -0.2) is 13.2 Å². The standard InChI is InChI=1S/C9H4Cl2O4S/c1-2-5-3-7(10)8(16(11,14)15)4-6(5)9(12)13/h1,3-4H,(H,12,13). The van der Waals surface area contributed by atoms with Crippen LogP contribution in [0, 0.1) is 12.3 Å². The van der Waals surface area contributed by atoms with Gasteiger partial charge in [0.1, 0.15) is 4.90 Å². The van der Waals surface area contributed by atoms with Crippen LogP contribution in [0.4, 0.5) is 0 Å². The van der Waals surface area contributed by atoms with Crippen molar-refractivity contribution < 1.29 is 18.3 Å². The maximum absolute atomic E-state index is 11.1. The molecule has 7 heteroatoms. The SMILES string of the molecule is C#Cc1cc(Cl)c(S(=O)(=O)Cl)cc1C(=O)O. The molecule has 0 unspecified atom stereocenters. The zero-order valence-electron chi connectivity index (χ0n) is 7.57. The molecule has 1 aromatic rings. The number of aromatic carboxylic acids is 1. The third kappa shape index (κ3) is 2.47. The summed E-state index contributed by atoms with van der Waals surface area (Å²) in [5.41, 5.74) is -0.354. The fraction of sp³-hybridized carbons (Fsp3) is 0. The molecule has 0 aliphatic carbocycles. The molecule has 4 nitrogen and oxygen atoms in total. The van der Waals surface area contributed by atoms with Crippen LogP contribution in [0.25, 0.3) is 0 Å². The van der Waals surface area contributed by atoms with E-state index in [9.17, 15) is 13.2 Å². The minimum atomic E-state index is -4.11. The first kappa shape index (κ1) is 12.8. The lowest BCUT2D eigenvalue weighted by Gasteiger charge is -2.04. The molecule has 1 rings (SSSR count). The highest BCUT2D eigenvalue weighted by atomic mass is 35.7. The van der Waals surface area contributed by atoms with Crippen LogP contribution in [-0.2, 0) is 9.05 Å². The number of halogens is 2. The fourth-order valence-corrected chi connectivity index (χ4v) is 2.56. The van der Waals surface area contributed by atoms with Crippen molar-refractivity contribution in [3.05, 3.63) is 28.3 Å². The lowest BCUT2D eigenvalue weighted by atomic mass is 10.1. The summed E-state index contributed by atoms with van der Waals surface area (Å²) in [6.45, 7) is 0. The van der Waals surface area contributed by atoms with Gasteiger partial charge in [0.05, 0.1) is 10.6 Å². The Morgan fingerprint density at radius 1 is 1.44 bits per heavy atom. The second-order valence-corrected chi connectivity index (χ2v) is 5.66. The third-order valence-electron chi connectivity index (χ3n) is 1.72. The molecule has 0 saturated carbocycles. The predicted octanol–water partition coefficient (Wildman–Crippen LogP) is 1.95. The van der Waals surface area contributed by atoms with E-state index in [1.165, 1.54) is 0 Å². The van der Waals surface area contributed by atoms with Crippen molar-refractivity contribution in [3.8, 4) is 12.3 Å². The van der Waals surface area contributed by atoms with Gasteiger partial charge >= 0.3 is 5.97 Å². The first-order valence-corrected chi connectivity index (χ1v) is 6.44. The van der Waals surface area contributed by atoms with Crippen molar-refractivity contribution in [3.63, 3.8) is 0 Å². The van der Waals surface area contributed by atoms with Crippen LogP contribution < -0.4 is 0 Å². The van der Waals surface area contributed by atoms with Crippen molar-refractivity contribution in [2.45, 2.75) is 4.90 Å². The van der Waals surface area contributed by atoms with Crippen LogP contribution in [0.2, 0.25) is 5.02 Å². The first-order valence-electron chi connectivity index (χ1n) is 3.75. The summed E-state index contributed by atoms with van der Waals surface area (Å²) in [5, 5.41) is 8.59. The monoisotopic (exact) mass is 278 g/mol. The number of benzene rings is 1. The molecule has 0 aliphatic rings. The van der Waals surface area contributed by atoms with Gasteiger partial charge < -0.3 is 5.11 Å². The van der Waals surface area contributed by atoms with Crippen LogP contribution in [0.5, 0.6) is 0 Å². The molecule has 0 atom stereocenters.